The van der Waals surface area contributed by atoms with Crippen LogP contribution in [-0.2, 0) is 0 Å². The van der Waals surface area contributed by atoms with Crippen molar-refractivity contribution in [2.24, 2.45) is 0 Å². The molecule has 0 aromatic heterocycles. The quantitative estimate of drug-likeness (QED) is 0.589. The molecule has 0 heterocycles. The Morgan fingerprint density at radius 2 is 1.56 bits per heavy atom. The van der Waals surface area contributed by atoms with Crippen molar-refractivity contribution in [2.75, 3.05) is 0 Å². The summed E-state index contributed by atoms with van der Waals surface area (Å²) >= 11 is 10.1. The summed E-state index contributed by atoms with van der Waals surface area (Å²) in [5.41, 5.74) is 0.507. The molecular formula is C13H7Br3O2. The molecule has 0 bridgehead atoms. The van der Waals surface area contributed by atoms with Crippen molar-refractivity contribution in [2.45, 2.75) is 0 Å². The number of aldehydes is 1. The monoisotopic (exact) mass is 432 g/mol. The average Bonchev–Trinajstić information content (AvgIpc) is 2.33. The molecule has 0 N–H and O–H groups in total. The highest BCUT2D eigenvalue weighted by Gasteiger charge is 2.08. The summed E-state index contributed by atoms with van der Waals surface area (Å²) in [6, 6.07) is 10.8. The van der Waals surface area contributed by atoms with Crippen LogP contribution in [0.5, 0.6) is 11.5 Å². The van der Waals surface area contributed by atoms with E-state index in [1.54, 1.807) is 18.2 Å². The lowest BCUT2D eigenvalue weighted by Crippen LogP contribution is -1.91. The Morgan fingerprint density at radius 1 is 0.889 bits per heavy atom. The lowest BCUT2D eigenvalue weighted by molar-refractivity contribution is 0.112. The van der Waals surface area contributed by atoms with Crippen LogP contribution in [0.2, 0.25) is 0 Å². The SMILES string of the molecule is O=Cc1ccc(Br)cc1Oc1ccc(Br)cc1Br. The van der Waals surface area contributed by atoms with Crippen molar-refractivity contribution in [3.8, 4) is 11.5 Å². The van der Waals surface area contributed by atoms with Gasteiger partial charge in [-0.2, -0.15) is 0 Å². The molecule has 0 atom stereocenters. The molecule has 2 aromatic rings. The molecular weight excluding hydrogens is 428 g/mol. The summed E-state index contributed by atoms with van der Waals surface area (Å²) in [6.07, 6.45) is 0.772. The van der Waals surface area contributed by atoms with Crippen molar-refractivity contribution < 1.29 is 9.53 Å². The average molecular weight is 435 g/mol. The van der Waals surface area contributed by atoms with E-state index in [1.807, 2.05) is 18.2 Å². The standard InChI is InChI=1S/C13H7Br3O2/c14-9-3-4-12(11(16)5-9)18-13-6-10(15)2-1-8(13)7-17/h1-7H. The topological polar surface area (TPSA) is 26.3 Å². The number of carbonyl (C=O) groups is 1. The zero-order valence-corrected chi connectivity index (χ0v) is 13.7. The van der Waals surface area contributed by atoms with Gasteiger partial charge in [0, 0.05) is 8.95 Å². The lowest BCUT2D eigenvalue weighted by atomic mass is 10.2. The van der Waals surface area contributed by atoms with E-state index in [0.29, 0.717) is 17.1 Å². The minimum absolute atomic E-state index is 0.507. The summed E-state index contributed by atoms with van der Waals surface area (Å²) in [6.45, 7) is 0. The van der Waals surface area contributed by atoms with Crippen LogP contribution in [0.3, 0.4) is 0 Å². The minimum Gasteiger partial charge on any atom is -0.455 e. The second-order valence-corrected chi connectivity index (χ2v) is 6.16. The molecule has 0 radical (unpaired) electrons. The third-order valence-corrected chi connectivity index (χ3v) is 3.82. The van der Waals surface area contributed by atoms with Crippen LogP contribution in [0.1, 0.15) is 10.4 Å². The molecule has 0 aliphatic carbocycles. The fraction of sp³-hybridized carbons (Fsp3) is 0. The van der Waals surface area contributed by atoms with Gasteiger partial charge >= 0.3 is 0 Å². The van der Waals surface area contributed by atoms with Crippen molar-refractivity contribution in [1.29, 1.82) is 0 Å². The van der Waals surface area contributed by atoms with Gasteiger partial charge in [0.05, 0.1) is 10.0 Å². The Bertz CT molecular complexity index is 597. The molecule has 92 valence electrons. The van der Waals surface area contributed by atoms with Gasteiger partial charge in [0.1, 0.15) is 11.5 Å². The van der Waals surface area contributed by atoms with Crippen LogP contribution >= 0.6 is 47.8 Å². The number of hydrogen-bond donors (Lipinski definition) is 0. The Hall–Kier alpha value is -0.650. The van der Waals surface area contributed by atoms with Gasteiger partial charge in [-0.25, -0.2) is 0 Å². The van der Waals surface area contributed by atoms with E-state index < -0.39 is 0 Å². The van der Waals surface area contributed by atoms with Gasteiger partial charge in [-0.05, 0) is 52.3 Å². The van der Waals surface area contributed by atoms with E-state index in [0.717, 1.165) is 19.7 Å². The zero-order chi connectivity index (χ0) is 13.1. The summed E-state index contributed by atoms with van der Waals surface area (Å²) in [5.74, 6) is 1.17. The van der Waals surface area contributed by atoms with Crippen LogP contribution in [0, 0.1) is 0 Å². The van der Waals surface area contributed by atoms with Crippen LogP contribution in [0.15, 0.2) is 49.8 Å². The van der Waals surface area contributed by atoms with Crippen LogP contribution in [0.25, 0.3) is 0 Å². The maximum atomic E-state index is 11.0. The van der Waals surface area contributed by atoms with Gasteiger partial charge in [-0.15, -0.1) is 0 Å². The van der Waals surface area contributed by atoms with E-state index in [-0.39, 0.29) is 0 Å². The lowest BCUT2D eigenvalue weighted by Gasteiger charge is -2.10. The van der Waals surface area contributed by atoms with Gasteiger partial charge in [0.2, 0.25) is 0 Å². The molecule has 18 heavy (non-hydrogen) atoms. The number of halogens is 3. The summed E-state index contributed by atoms with van der Waals surface area (Å²) in [7, 11) is 0. The smallest absolute Gasteiger partial charge is 0.153 e. The number of carbonyl (C=O) groups excluding carboxylic acids is 1. The van der Waals surface area contributed by atoms with Gasteiger partial charge in [0.15, 0.2) is 6.29 Å². The molecule has 0 spiro atoms. The van der Waals surface area contributed by atoms with Crippen molar-refractivity contribution in [3.63, 3.8) is 0 Å². The highest BCUT2D eigenvalue weighted by Crippen LogP contribution is 2.34. The Morgan fingerprint density at radius 3 is 2.22 bits per heavy atom. The van der Waals surface area contributed by atoms with Gasteiger partial charge < -0.3 is 4.74 Å². The summed E-state index contributed by atoms with van der Waals surface area (Å²) in [5, 5.41) is 0. The largest absolute Gasteiger partial charge is 0.455 e. The summed E-state index contributed by atoms with van der Waals surface area (Å²) in [4.78, 5) is 11.0. The highest BCUT2D eigenvalue weighted by molar-refractivity contribution is 9.11. The second-order valence-electron chi connectivity index (χ2n) is 3.48. The first kappa shape index (κ1) is 13.8. The molecule has 2 aromatic carbocycles. The number of rotatable bonds is 3. The first-order chi connectivity index (χ1) is 8.60. The molecule has 0 fully saturated rings. The van der Waals surface area contributed by atoms with Crippen molar-refractivity contribution >= 4 is 54.1 Å². The van der Waals surface area contributed by atoms with E-state index in [4.69, 9.17) is 4.74 Å². The minimum atomic E-state index is 0.507. The Balaban J connectivity index is 2.39. The van der Waals surface area contributed by atoms with E-state index in [1.165, 1.54) is 0 Å². The fourth-order valence-electron chi connectivity index (χ4n) is 1.37. The second kappa shape index (κ2) is 5.99. The number of ether oxygens (including phenoxy) is 1. The van der Waals surface area contributed by atoms with E-state index in [2.05, 4.69) is 47.8 Å². The number of benzene rings is 2. The molecule has 0 aliphatic rings. The molecule has 0 saturated carbocycles. The van der Waals surface area contributed by atoms with Gasteiger partial charge in [-0.3, -0.25) is 4.79 Å². The molecule has 0 amide bonds. The fourth-order valence-corrected chi connectivity index (χ4v) is 2.84. The van der Waals surface area contributed by atoms with Crippen LogP contribution in [0.4, 0.5) is 0 Å². The molecule has 0 saturated heterocycles. The Kier molecular flexibility index (Phi) is 4.59. The maximum Gasteiger partial charge on any atom is 0.153 e. The Labute approximate surface area is 130 Å². The van der Waals surface area contributed by atoms with E-state index in [9.17, 15) is 4.79 Å². The molecule has 2 nitrogen and oxygen atoms in total. The predicted octanol–water partition coefficient (Wildman–Crippen LogP) is 5.58. The van der Waals surface area contributed by atoms with Crippen molar-refractivity contribution in [3.05, 3.63) is 55.4 Å². The maximum absolute atomic E-state index is 11.0. The molecule has 2 rings (SSSR count). The highest BCUT2D eigenvalue weighted by atomic mass is 79.9. The van der Waals surface area contributed by atoms with Gasteiger partial charge in [-0.1, -0.05) is 31.9 Å². The van der Waals surface area contributed by atoms with Crippen molar-refractivity contribution in [1.82, 2.24) is 0 Å². The number of hydrogen-bond acceptors (Lipinski definition) is 2. The van der Waals surface area contributed by atoms with Crippen LogP contribution < -0.4 is 4.74 Å². The molecule has 0 unspecified atom stereocenters. The third-order valence-electron chi connectivity index (χ3n) is 2.22. The zero-order valence-electron chi connectivity index (χ0n) is 8.99. The van der Waals surface area contributed by atoms with E-state index >= 15 is 0 Å². The first-order valence-corrected chi connectivity index (χ1v) is 7.35. The molecule has 5 heteroatoms. The first-order valence-electron chi connectivity index (χ1n) is 4.98. The predicted molar refractivity (Wildman–Crippen MR) is 81.4 cm³/mol. The van der Waals surface area contributed by atoms with Gasteiger partial charge in [0.25, 0.3) is 0 Å². The normalized spacial score (nSPS) is 10.2. The van der Waals surface area contributed by atoms with Crippen LogP contribution in [-0.4, -0.2) is 6.29 Å². The molecule has 0 aliphatic heterocycles. The third kappa shape index (κ3) is 3.22. The summed E-state index contributed by atoms with van der Waals surface area (Å²) < 4.78 is 8.36.